The number of H-pyrrole nitrogens is 2. The molecule has 0 saturated heterocycles. The van der Waals surface area contributed by atoms with Gasteiger partial charge in [-0.15, -0.1) is 0 Å². The summed E-state index contributed by atoms with van der Waals surface area (Å²) in [5.41, 5.74) is 10.2. The minimum Gasteiger partial charge on any atom is -0.374 e. The molecule has 6 rings (SSSR count). The molecule has 3 aliphatic heterocycles. The largest absolute Gasteiger partial charge is 0.374 e. The van der Waals surface area contributed by atoms with Gasteiger partial charge < -0.3 is 14.9 Å². The fraction of sp³-hybridized carbons (Fsp3) is 0.111. The second-order valence-corrected chi connectivity index (χ2v) is 8.12. The smallest absolute Gasteiger partial charge is 0.0736 e. The summed E-state index contributed by atoms with van der Waals surface area (Å²) in [4.78, 5) is 19.0. The van der Waals surface area contributed by atoms with E-state index in [1.807, 2.05) is 12.2 Å². The number of nitrogens with zero attached hydrogens (tertiary/aromatic N) is 3. The molecule has 2 N–H and O–H groups in total. The van der Waals surface area contributed by atoms with Crippen molar-refractivity contribution in [3.05, 3.63) is 89.2 Å². The fourth-order valence-electron chi connectivity index (χ4n) is 4.26. The molecular weight excluding hydrogens is 394 g/mol. The third-order valence-corrected chi connectivity index (χ3v) is 5.93. The highest BCUT2D eigenvalue weighted by Crippen LogP contribution is 2.29. The molecule has 0 saturated carbocycles. The van der Waals surface area contributed by atoms with Crippen LogP contribution in [0.5, 0.6) is 0 Å². The Kier molecular flexibility index (Phi) is 4.39. The Hall–Kier alpha value is -4.12. The first-order valence-corrected chi connectivity index (χ1v) is 10.9. The highest BCUT2D eigenvalue weighted by Gasteiger charge is 2.13. The van der Waals surface area contributed by atoms with Crippen molar-refractivity contribution in [3.63, 3.8) is 0 Å². The average molecular weight is 418 g/mol. The van der Waals surface area contributed by atoms with E-state index in [0.29, 0.717) is 0 Å². The van der Waals surface area contributed by atoms with Gasteiger partial charge >= 0.3 is 0 Å². The van der Waals surface area contributed by atoms with E-state index in [9.17, 15) is 0 Å². The third kappa shape index (κ3) is 3.48. The minimum atomic E-state index is 0.896. The molecule has 3 aliphatic rings. The Balaban J connectivity index is 1.64. The molecule has 3 aromatic rings. The monoisotopic (exact) mass is 417 g/mol. The average Bonchev–Trinajstić information content (AvgIpc) is 3.60. The number of aromatic nitrogens is 4. The van der Waals surface area contributed by atoms with Crippen molar-refractivity contribution in [2.24, 2.45) is 0 Å². The molecule has 0 amide bonds. The SMILES string of the molecule is CCN1C=CC(c2c3nc(cc4ccc(cc5nc(cc6ccc2[nH]6)C=C5)[nH]4)C=C3)=CC1. The number of nitrogens with one attached hydrogen (secondary N) is 2. The van der Waals surface area contributed by atoms with Crippen molar-refractivity contribution in [3.8, 4) is 0 Å². The van der Waals surface area contributed by atoms with Crippen LogP contribution >= 0.6 is 0 Å². The minimum absolute atomic E-state index is 0.896. The molecule has 5 nitrogen and oxygen atoms in total. The van der Waals surface area contributed by atoms with Crippen molar-refractivity contribution in [1.29, 1.82) is 0 Å². The first kappa shape index (κ1) is 18.6. The van der Waals surface area contributed by atoms with Crippen LogP contribution in [0.4, 0.5) is 0 Å². The molecule has 5 heteroatoms. The van der Waals surface area contributed by atoms with Gasteiger partial charge in [-0.3, -0.25) is 0 Å². The zero-order valence-corrected chi connectivity index (χ0v) is 17.8. The van der Waals surface area contributed by atoms with Crippen LogP contribution in [0.15, 0.2) is 60.8 Å². The summed E-state index contributed by atoms with van der Waals surface area (Å²) in [6, 6.07) is 14.6. The summed E-state index contributed by atoms with van der Waals surface area (Å²) in [5, 5.41) is 0. The normalized spacial score (nSPS) is 14.8. The van der Waals surface area contributed by atoms with Gasteiger partial charge in [-0.2, -0.15) is 0 Å². The van der Waals surface area contributed by atoms with Gasteiger partial charge in [0.1, 0.15) is 0 Å². The molecule has 156 valence electrons. The van der Waals surface area contributed by atoms with Crippen LogP contribution in [0, 0.1) is 0 Å². The summed E-state index contributed by atoms with van der Waals surface area (Å²) < 4.78 is 0. The van der Waals surface area contributed by atoms with E-state index in [-0.39, 0.29) is 0 Å². The van der Waals surface area contributed by atoms with E-state index in [0.717, 1.165) is 63.5 Å². The van der Waals surface area contributed by atoms with Crippen LogP contribution in [-0.2, 0) is 0 Å². The topological polar surface area (TPSA) is 60.6 Å². The van der Waals surface area contributed by atoms with Crippen LogP contribution in [0.3, 0.4) is 0 Å². The second-order valence-electron chi connectivity index (χ2n) is 8.12. The maximum atomic E-state index is 4.96. The van der Waals surface area contributed by atoms with E-state index in [1.165, 1.54) is 5.57 Å². The van der Waals surface area contributed by atoms with Crippen molar-refractivity contribution >= 4 is 51.9 Å². The summed E-state index contributed by atoms with van der Waals surface area (Å²) in [5.74, 6) is 0. The van der Waals surface area contributed by atoms with Gasteiger partial charge in [-0.25, -0.2) is 9.97 Å². The third-order valence-electron chi connectivity index (χ3n) is 5.93. The second kappa shape index (κ2) is 7.54. The zero-order valence-electron chi connectivity index (χ0n) is 17.8. The van der Waals surface area contributed by atoms with E-state index in [1.54, 1.807) is 0 Å². The lowest BCUT2D eigenvalue weighted by molar-refractivity contribution is 0.437. The number of fused-ring (bicyclic) bond motifs is 8. The van der Waals surface area contributed by atoms with Gasteiger partial charge in [0.15, 0.2) is 0 Å². The van der Waals surface area contributed by atoms with Crippen molar-refractivity contribution in [2.45, 2.75) is 6.92 Å². The number of rotatable bonds is 2. The molecular formula is C27H23N5. The molecule has 0 aliphatic carbocycles. The molecule has 0 unspecified atom stereocenters. The van der Waals surface area contributed by atoms with E-state index >= 15 is 0 Å². The number of hydrogen-bond donors (Lipinski definition) is 2. The summed E-state index contributed by atoms with van der Waals surface area (Å²) in [6.07, 6.45) is 14.9. The van der Waals surface area contributed by atoms with Gasteiger partial charge in [0, 0.05) is 40.7 Å². The number of hydrogen-bond acceptors (Lipinski definition) is 3. The summed E-state index contributed by atoms with van der Waals surface area (Å²) in [6.45, 7) is 4.06. The predicted molar refractivity (Wildman–Crippen MR) is 133 cm³/mol. The number of likely N-dealkylation sites (N-methyl/N-ethyl adjacent to an activating group) is 1. The maximum Gasteiger partial charge on any atom is 0.0736 e. The van der Waals surface area contributed by atoms with E-state index in [2.05, 4.69) is 94.8 Å². The van der Waals surface area contributed by atoms with Gasteiger partial charge in [-0.05, 0) is 91.5 Å². The highest BCUT2D eigenvalue weighted by molar-refractivity contribution is 5.91. The molecule has 0 fully saturated rings. The first-order valence-electron chi connectivity index (χ1n) is 10.9. The lowest BCUT2D eigenvalue weighted by Gasteiger charge is -2.21. The van der Waals surface area contributed by atoms with Gasteiger partial charge in [0.25, 0.3) is 0 Å². The van der Waals surface area contributed by atoms with Crippen molar-refractivity contribution in [2.75, 3.05) is 13.1 Å². The number of aromatic amines is 2. The lowest BCUT2D eigenvalue weighted by Crippen LogP contribution is -2.18. The Morgan fingerprint density at radius 1 is 0.781 bits per heavy atom. The van der Waals surface area contributed by atoms with Crippen LogP contribution in [-0.4, -0.2) is 37.9 Å². The summed E-state index contributed by atoms with van der Waals surface area (Å²) >= 11 is 0. The van der Waals surface area contributed by atoms with Crippen molar-refractivity contribution < 1.29 is 0 Å². The van der Waals surface area contributed by atoms with Crippen LogP contribution in [0.25, 0.3) is 51.9 Å². The van der Waals surface area contributed by atoms with Crippen LogP contribution < -0.4 is 0 Å². The molecule has 6 heterocycles. The number of allylic oxidation sites excluding steroid dienone is 2. The molecule has 3 aromatic heterocycles. The molecule has 0 aromatic carbocycles. The Morgan fingerprint density at radius 2 is 1.44 bits per heavy atom. The Bertz CT molecular complexity index is 1490. The van der Waals surface area contributed by atoms with Crippen LogP contribution in [0.2, 0.25) is 0 Å². The Labute approximate surface area is 186 Å². The predicted octanol–water partition coefficient (Wildman–Crippen LogP) is 5.89. The van der Waals surface area contributed by atoms with Gasteiger partial charge in [0.05, 0.1) is 22.8 Å². The van der Waals surface area contributed by atoms with Crippen molar-refractivity contribution in [1.82, 2.24) is 24.8 Å². The molecule has 32 heavy (non-hydrogen) atoms. The Morgan fingerprint density at radius 3 is 2.12 bits per heavy atom. The maximum absolute atomic E-state index is 4.96. The standard InChI is InChI=1S/C27H23N5/c1-2-32-13-11-18(12-14-32)27-25-9-7-23(30-25)16-21-5-3-19(28-21)15-20-4-6-22(29-20)17-24-8-10-26(27)31-24/h3-13,15-17,28,31H,2,14H2,1H3. The van der Waals surface area contributed by atoms with Crippen LogP contribution in [0.1, 0.15) is 35.3 Å². The van der Waals surface area contributed by atoms with E-state index in [4.69, 9.17) is 9.97 Å². The molecule has 0 radical (unpaired) electrons. The van der Waals surface area contributed by atoms with Gasteiger partial charge in [0.2, 0.25) is 0 Å². The zero-order chi connectivity index (χ0) is 21.5. The van der Waals surface area contributed by atoms with Gasteiger partial charge in [-0.1, -0.05) is 6.08 Å². The fourth-order valence-corrected chi connectivity index (χ4v) is 4.26. The first-order chi connectivity index (χ1) is 15.7. The highest BCUT2D eigenvalue weighted by atomic mass is 15.1. The summed E-state index contributed by atoms with van der Waals surface area (Å²) in [7, 11) is 0. The lowest BCUT2D eigenvalue weighted by atomic mass is 10.0. The quantitative estimate of drug-likeness (QED) is 0.377. The molecule has 0 atom stereocenters. The van der Waals surface area contributed by atoms with E-state index < -0.39 is 0 Å². The molecule has 8 bridgehead atoms. The molecule has 0 spiro atoms.